The van der Waals surface area contributed by atoms with Gasteiger partial charge in [0.15, 0.2) is 0 Å². The van der Waals surface area contributed by atoms with Gasteiger partial charge in [-0.15, -0.1) is 0 Å². The van der Waals surface area contributed by atoms with E-state index in [9.17, 15) is 14.4 Å². The maximum atomic E-state index is 12.0. The summed E-state index contributed by atoms with van der Waals surface area (Å²) in [7, 11) is 0. The fourth-order valence-corrected chi connectivity index (χ4v) is 2.36. The standard InChI is InChI=1S/C13H23N3O5/c14-7-8-1-3-9(4-2-8)21-12(20)13(16,11(18)19)6-5-10(15)17/h8-9H,1-7,14,16H2,(H2,15,17)(H,18,19)/t8?,9?,13-/m1/s1. The molecule has 7 N–H and O–H groups in total. The molecule has 0 radical (unpaired) electrons. The minimum Gasteiger partial charge on any atom is -0.479 e. The van der Waals surface area contributed by atoms with Crippen LogP contribution >= 0.6 is 0 Å². The average molecular weight is 301 g/mol. The van der Waals surface area contributed by atoms with Gasteiger partial charge >= 0.3 is 11.9 Å². The molecule has 1 aliphatic carbocycles. The van der Waals surface area contributed by atoms with Gasteiger partial charge in [0.2, 0.25) is 11.4 Å². The van der Waals surface area contributed by atoms with E-state index in [1.54, 1.807) is 0 Å². The molecule has 120 valence electrons. The maximum Gasteiger partial charge on any atom is 0.338 e. The van der Waals surface area contributed by atoms with E-state index in [4.69, 9.17) is 27.0 Å². The normalized spacial score (nSPS) is 24.9. The second-order valence-electron chi connectivity index (χ2n) is 5.53. The lowest BCUT2D eigenvalue weighted by atomic mass is 9.87. The van der Waals surface area contributed by atoms with Crippen LogP contribution in [0.15, 0.2) is 0 Å². The SMILES string of the molecule is NCC1CCC(OC(=O)[C@@](N)(CCC(N)=O)C(=O)O)CC1. The van der Waals surface area contributed by atoms with Gasteiger partial charge < -0.3 is 27.0 Å². The minimum absolute atomic E-state index is 0.294. The van der Waals surface area contributed by atoms with E-state index >= 15 is 0 Å². The number of hydrogen-bond acceptors (Lipinski definition) is 6. The number of nitrogens with two attached hydrogens (primary N) is 3. The molecule has 1 saturated carbocycles. The summed E-state index contributed by atoms with van der Waals surface area (Å²) in [5.74, 6) is -2.85. The third-order valence-corrected chi connectivity index (χ3v) is 3.91. The van der Waals surface area contributed by atoms with Crippen LogP contribution in [-0.2, 0) is 19.1 Å². The van der Waals surface area contributed by atoms with Crippen molar-refractivity contribution in [3.05, 3.63) is 0 Å². The zero-order valence-corrected chi connectivity index (χ0v) is 11.9. The summed E-state index contributed by atoms with van der Waals surface area (Å²) in [6, 6.07) is 0. The first-order valence-electron chi connectivity index (χ1n) is 7.01. The Morgan fingerprint density at radius 1 is 1.19 bits per heavy atom. The molecule has 0 aromatic rings. The highest BCUT2D eigenvalue weighted by Crippen LogP contribution is 2.26. The lowest BCUT2D eigenvalue weighted by Crippen LogP contribution is -2.57. The molecule has 1 atom stereocenters. The summed E-state index contributed by atoms with van der Waals surface area (Å²) < 4.78 is 5.21. The topological polar surface area (TPSA) is 159 Å². The molecule has 0 aromatic heterocycles. The molecule has 0 heterocycles. The highest BCUT2D eigenvalue weighted by atomic mass is 16.5. The molecule has 1 fully saturated rings. The lowest BCUT2D eigenvalue weighted by molar-refractivity contribution is -0.166. The van der Waals surface area contributed by atoms with Gasteiger partial charge in [-0.25, -0.2) is 9.59 Å². The molecule has 0 spiro atoms. The van der Waals surface area contributed by atoms with Gasteiger partial charge in [0.1, 0.15) is 6.10 Å². The Morgan fingerprint density at radius 3 is 2.19 bits per heavy atom. The number of carboxylic acids is 1. The van der Waals surface area contributed by atoms with Crippen LogP contribution in [0, 0.1) is 5.92 Å². The largest absolute Gasteiger partial charge is 0.479 e. The molecule has 0 saturated heterocycles. The van der Waals surface area contributed by atoms with Crippen molar-refractivity contribution in [2.24, 2.45) is 23.1 Å². The lowest BCUT2D eigenvalue weighted by Gasteiger charge is -2.30. The van der Waals surface area contributed by atoms with Crippen LogP contribution < -0.4 is 17.2 Å². The fraction of sp³-hybridized carbons (Fsp3) is 0.769. The molecule has 21 heavy (non-hydrogen) atoms. The average Bonchev–Trinajstić information content (AvgIpc) is 2.45. The summed E-state index contributed by atoms with van der Waals surface area (Å²) >= 11 is 0. The van der Waals surface area contributed by atoms with Crippen LogP contribution in [0.25, 0.3) is 0 Å². The maximum absolute atomic E-state index is 12.0. The van der Waals surface area contributed by atoms with Crippen LogP contribution in [0.3, 0.4) is 0 Å². The number of carbonyl (C=O) groups is 3. The number of ether oxygens (including phenoxy) is 1. The van der Waals surface area contributed by atoms with E-state index < -0.39 is 23.4 Å². The summed E-state index contributed by atoms with van der Waals surface area (Å²) in [5, 5.41) is 9.13. The first-order chi connectivity index (χ1) is 9.79. The predicted octanol–water partition coefficient (Wildman–Crippen LogP) is -0.905. The number of rotatable bonds is 7. The summed E-state index contributed by atoms with van der Waals surface area (Å²) in [6.45, 7) is 0.592. The second-order valence-corrected chi connectivity index (χ2v) is 5.53. The third-order valence-electron chi connectivity index (χ3n) is 3.91. The molecule has 1 aliphatic rings. The fourth-order valence-electron chi connectivity index (χ4n) is 2.36. The van der Waals surface area contributed by atoms with Gasteiger partial charge in [-0.3, -0.25) is 4.79 Å². The van der Waals surface area contributed by atoms with Crippen molar-refractivity contribution >= 4 is 17.8 Å². The van der Waals surface area contributed by atoms with Gasteiger partial charge in [-0.1, -0.05) is 0 Å². The number of esters is 1. The second kappa shape index (κ2) is 7.37. The molecule has 0 unspecified atom stereocenters. The number of amides is 1. The number of carboxylic acid groups (broad SMARTS) is 1. The van der Waals surface area contributed by atoms with E-state index in [0.29, 0.717) is 25.3 Å². The van der Waals surface area contributed by atoms with Gasteiger partial charge in [-0.2, -0.15) is 0 Å². The van der Waals surface area contributed by atoms with Crippen molar-refractivity contribution in [3.63, 3.8) is 0 Å². The Hall–Kier alpha value is -1.67. The quantitative estimate of drug-likeness (QED) is 0.350. The zero-order chi connectivity index (χ0) is 16.0. The van der Waals surface area contributed by atoms with E-state index in [1.807, 2.05) is 0 Å². The van der Waals surface area contributed by atoms with Crippen LogP contribution in [0.1, 0.15) is 38.5 Å². The number of carbonyl (C=O) groups excluding carboxylic acids is 2. The van der Waals surface area contributed by atoms with Crippen molar-refractivity contribution in [3.8, 4) is 0 Å². The van der Waals surface area contributed by atoms with Crippen LogP contribution in [0.4, 0.5) is 0 Å². The Bertz CT molecular complexity index is 407. The smallest absolute Gasteiger partial charge is 0.338 e. The highest BCUT2D eigenvalue weighted by Gasteiger charge is 2.45. The van der Waals surface area contributed by atoms with Gasteiger partial charge in [0.05, 0.1) is 0 Å². The monoisotopic (exact) mass is 301 g/mol. The molecule has 0 bridgehead atoms. The predicted molar refractivity (Wildman–Crippen MR) is 73.9 cm³/mol. The number of hydrogen-bond donors (Lipinski definition) is 4. The summed E-state index contributed by atoms with van der Waals surface area (Å²) in [4.78, 5) is 34.0. The molecular formula is C13H23N3O5. The van der Waals surface area contributed by atoms with Crippen LogP contribution in [-0.4, -0.2) is 41.1 Å². The Morgan fingerprint density at radius 2 is 1.76 bits per heavy atom. The zero-order valence-electron chi connectivity index (χ0n) is 11.9. The van der Waals surface area contributed by atoms with Crippen LogP contribution in [0.5, 0.6) is 0 Å². The highest BCUT2D eigenvalue weighted by molar-refractivity contribution is 6.04. The van der Waals surface area contributed by atoms with Crippen molar-refractivity contribution in [1.82, 2.24) is 0 Å². The van der Waals surface area contributed by atoms with Gasteiger partial charge in [0.25, 0.3) is 0 Å². The minimum atomic E-state index is -2.24. The Labute approximate surface area is 123 Å². The van der Waals surface area contributed by atoms with E-state index in [0.717, 1.165) is 12.8 Å². The van der Waals surface area contributed by atoms with Crippen molar-refractivity contribution in [2.75, 3.05) is 6.54 Å². The van der Waals surface area contributed by atoms with Gasteiger partial charge in [-0.05, 0) is 44.6 Å². The Balaban J connectivity index is 2.61. The van der Waals surface area contributed by atoms with Crippen molar-refractivity contribution in [2.45, 2.75) is 50.2 Å². The van der Waals surface area contributed by atoms with Crippen LogP contribution in [0.2, 0.25) is 0 Å². The molecule has 0 aliphatic heterocycles. The molecular weight excluding hydrogens is 278 g/mol. The summed E-state index contributed by atoms with van der Waals surface area (Å²) in [5.41, 5.74) is 13.9. The first kappa shape index (κ1) is 17.4. The third kappa shape index (κ3) is 4.68. The first-order valence-corrected chi connectivity index (χ1v) is 7.01. The van der Waals surface area contributed by atoms with E-state index in [1.165, 1.54) is 0 Å². The van der Waals surface area contributed by atoms with Gasteiger partial charge in [0, 0.05) is 6.42 Å². The molecule has 8 heteroatoms. The van der Waals surface area contributed by atoms with E-state index in [2.05, 4.69) is 0 Å². The van der Waals surface area contributed by atoms with Crippen molar-refractivity contribution < 1.29 is 24.2 Å². The molecule has 8 nitrogen and oxygen atoms in total. The van der Waals surface area contributed by atoms with Crippen molar-refractivity contribution in [1.29, 1.82) is 0 Å². The number of aliphatic carboxylic acids is 1. The number of primary amides is 1. The Kier molecular flexibility index (Phi) is 6.10. The molecule has 0 aromatic carbocycles. The summed E-state index contributed by atoms with van der Waals surface area (Å²) in [6.07, 6.45) is 1.92. The van der Waals surface area contributed by atoms with E-state index in [-0.39, 0.29) is 18.9 Å². The molecule has 1 rings (SSSR count). The molecule has 1 amide bonds.